The van der Waals surface area contributed by atoms with Gasteiger partial charge in [0, 0.05) is 23.9 Å². The van der Waals surface area contributed by atoms with Crippen LogP contribution in [0, 0.1) is 6.92 Å². The number of nitrogens with one attached hydrogen (secondary N) is 2. The van der Waals surface area contributed by atoms with Crippen molar-refractivity contribution in [3.05, 3.63) is 52.0 Å². The number of nitrogens with zero attached hydrogens (tertiary/aromatic N) is 2. The lowest BCUT2D eigenvalue weighted by atomic mass is 9.76. The van der Waals surface area contributed by atoms with Crippen LogP contribution in [0.25, 0.3) is 0 Å². The van der Waals surface area contributed by atoms with E-state index >= 15 is 0 Å². The minimum atomic E-state index is 0.124. The van der Waals surface area contributed by atoms with Crippen LogP contribution in [-0.2, 0) is 12.0 Å². The number of thiazole rings is 1. The zero-order valence-corrected chi connectivity index (χ0v) is 15.9. The molecule has 2 aromatic rings. The number of hydrogen-bond acceptors (Lipinski definition) is 3. The second-order valence-corrected chi connectivity index (χ2v) is 6.93. The quantitative estimate of drug-likeness (QED) is 0.592. The highest BCUT2D eigenvalue weighted by Crippen LogP contribution is 2.30. The van der Waals surface area contributed by atoms with E-state index in [0.29, 0.717) is 0 Å². The molecule has 130 valence electrons. The standard InChI is InChI=1S/C19H28N4S/c1-5-19(6-2,16-10-8-7-9-11-16)13-22-18(20-4)21-12-17-15(3)23-14-24-17/h7-11,14H,5-6,12-13H2,1-4H3,(H2,20,21,22). The molecule has 1 heterocycles. The molecule has 0 spiro atoms. The largest absolute Gasteiger partial charge is 0.356 e. The number of hydrogen-bond donors (Lipinski definition) is 2. The van der Waals surface area contributed by atoms with Gasteiger partial charge in [-0.2, -0.15) is 0 Å². The van der Waals surface area contributed by atoms with Gasteiger partial charge in [-0.1, -0.05) is 44.2 Å². The van der Waals surface area contributed by atoms with Gasteiger partial charge in [-0.25, -0.2) is 4.98 Å². The Morgan fingerprint density at radius 3 is 2.42 bits per heavy atom. The predicted octanol–water partition coefficient (Wildman–Crippen LogP) is 3.87. The molecule has 2 rings (SSSR count). The zero-order valence-electron chi connectivity index (χ0n) is 15.1. The van der Waals surface area contributed by atoms with Crippen LogP contribution in [0.2, 0.25) is 0 Å². The van der Waals surface area contributed by atoms with Crippen molar-refractivity contribution in [2.75, 3.05) is 13.6 Å². The fraction of sp³-hybridized carbons (Fsp3) is 0.474. The van der Waals surface area contributed by atoms with Gasteiger partial charge in [-0.3, -0.25) is 4.99 Å². The Bertz CT molecular complexity index is 644. The fourth-order valence-electron chi connectivity index (χ4n) is 2.94. The third-order valence-electron chi connectivity index (χ3n) is 4.82. The first-order valence-corrected chi connectivity index (χ1v) is 9.42. The summed E-state index contributed by atoms with van der Waals surface area (Å²) in [5.41, 5.74) is 4.48. The van der Waals surface area contributed by atoms with Crippen LogP contribution < -0.4 is 10.6 Å². The lowest BCUT2D eigenvalue weighted by Gasteiger charge is -2.33. The van der Waals surface area contributed by atoms with Crippen LogP contribution in [0.4, 0.5) is 0 Å². The van der Waals surface area contributed by atoms with Gasteiger partial charge in [0.2, 0.25) is 0 Å². The van der Waals surface area contributed by atoms with Crippen LogP contribution in [0.15, 0.2) is 40.8 Å². The minimum absolute atomic E-state index is 0.124. The maximum Gasteiger partial charge on any atom is 0.191 e. The molecule has 5 heteroatoms. The summed E-state index contributed by atoms with van der Waals surface area (Å²) in [6.07, 6.45) is 2.18. The van der Waals surface area contributed by atoms with Gasteiger partial charge in [0.05, 0.1) is 17.7 Å². The van der Waals surface area contributed by atoms with Gasteiger partial charge in [-0.05, 0) is 25.3 Å². The normalized spacial score (nSPS) is 12.2. The van der Waals surface area contributed by atoms with E-state index in [1.54, 1.807) is 11.3 Å². The third kappa shape index (κ3) is 4.35. The van der Waals surface area contributed by atoms with Gasteiger partial charge in [0.15, 0.2) is 5.96 Å². The number of guanidine groups is 1. The van der Waals surface area contributed by atoms with Crippen molar-refractivity contribution in [1.82, 2.24) is 15.6 Å². The SMILES string of the molecule is CCC(CC)(CNC(=NC)NCc1scnc1C)c1ccccc1. The van der Waals surface area contributed by atoms with Crippen LogP contribution in [-0.4, -0.2) is 24.5 Å². The summed E-state index contributed by atoms with van der Waals surface area (Å²) in [7, 11) is 1.82. The van der Waals surface area contributed by atoms with E-state index in [2.05, 4.69) is 64.8 Å². The summed E-state index contributed by atoms with van der Waals surface area (Å²) < 4.78 is 0. The lowest BCUT2D eigenvalue weighted by Crippen LogP contribution is -2.45. The number of rotatable bonds is 7. The molecule has 0 fully saturated rings. The molecule has 1 aromatic carbocycles. The molecular formula is C19H28N4S. The summed E-state index contributed by atoms with van der Waals surface area (Å²) in [5, 5.41) is 6.91. The van der Waals surface area contributed by atoms with E-state index in [0.717, 1.165) is 37.6 Å². The Morgan fingerprint density at radius 1 is 1.17 bits per heavy atom. The van der Waals surface area contributed by atoms with E-state index in [1.165, 1.54) is 10.4 Å². The van der Waals surface area contributed by atoms with E-state index in [9.17, 15) is 0 Å². The van der Waals surface area contributed by atoms with E-state index in [4.69, 9.17) is 0 Å². The van der Waals surface area contributed by atoms with Gasteiger partial charge in [-0.15, -0.1) is 11.3 Å². The first kappa shape index (κ1) is 18.5. The van der Waals surface area contributed by atoms with Crippen molar-refractivity contribution in [3.63, 3.8) is 0 Å². The molecule has 0 aliphatic carbocycles. The van der Waals surface area contributed by atoms with Crippen LogP contribution >= 0.6 is 11.3 Å². The summed E-state index contributed by atoms with van der Waals surface area (Å²) in [6.45, 7) is 8.18. The van der Waals surface area contributed by atoms with Crippen LogP contribution in [0.1, 0.15) is 42.8 Å². The highest BCUT2D eigenvalue weighted by atomic mass is 32.1. The second-order valence-electron chi connectivity index (χ2n) is 5.99. The van der Waals surface area contributed by atoms with Crippen LogP contribution in [0.5, 0.6) is 0 Å². The Balaban J connectivity index is 2.01. The maximum absolute atomic E-state index is 4.36. The summed E-state index contributed by atoms with van der Waals surface area (Å²) >= 11 is 1.68. The van der Waals surface area contributed by atoms with Crippen molar-refractivity contribution < 1.29 is 0 Å². The molecule has 0 saturated carbocycles. The topological polar surface area (TPSA) is 49.3 Å². The number of aliphatic imine (C=N–C) groups is 1. The Labute approximate surface area is 149 Å². The summed E-state index contributed by atoms with van der Waals surface area (Å²) in [6, 6.07) is 10.8. The van der Waals surface area contributed by atoms with Gasteiger partial charge in [0.25, 0.3) is 0 Å². The van der Waals surface area contributed by atoms with Gasteiger partial charge < -0.3 is 10.6 Å². The number of benzene rings is 1. The molecule has 2 N–H and O–H groups in total. The summed E-state index contributed by atoms with van der Waals surface area (Å²) in [5.74, 6) is 0.838. The average Bonchev–Trinajstić information content (AvgIpc) is 3.04. The van der Waals surface area contributed by atoms with E-state index in [-0.39, 0.29) is 5.41 Å². The van der Waals surface area contributed by atoms with E-state index < -0.39 is 0 Å². The smallest absolute Gasteiger partial charge is 0.191 e. The molecule has 4 nitrogen and oxygen atoms in total. The third-order valence-corrected chi connectivity index (χ3v) is 5.75. The Morgan fingerprint density at radius 2 is 1.88 bits per heavy atom. The minimum Gasteiger partial charge on any atom is -0.356 e. The molecular weight excluding hydrogens is 316 g/mol. The summed E-state index contributed by atoms with van der Waals surface area (Å²) in [4.78, 5) is 9.90. The van der Waals surface area contributed by atoms with Crippen LogP contribution in [0.3, 0.4) is 0 Å². The molecule has 24 heavy (non-hydrogen) atoms. The van der Waals surface area contributed by atoms with Crippen molar-refractivity contribution in [3.8, 4) is 0 Å². The monoisotopic (exact) mass is 344 g/mol. The molecule has 0 amide bonds. The predicted molar refractivity (Wildman–Crippen MR) is 104 cm³/mol. The molecule has 0 unspecified atom stereocenters. The maximum atomic E-state index is 4.36. The van der Waals surface area contributed by atoms with E-state index in [1.807, 2.05) is 19.5 Å². The highest BCUT2D eigenvalue weighted by Gasteiger charge is 2.28. The first-order chi connectivity index (χ1) is 11.6. The van der Waals surface area contributed by atoms with Crippen molar-refractivity contribution in [2.24, 2.45) is 4.99 Å². The van der Waals surface area contributed by atoms with Gasteiger partial charge in [0.1, 0.15) is 0 Å². The molecule has 0 atom stereocenters. The van der Waals surface area contributed by atoms with Crippen molar-refractivity contribution in [1.29, 1.82) is 0 Å². The molecule has 1 aromatic heterocycles. The highest BCUT2D eigenvalue weighted by molar-refractivity contribution is 7.09. The van der Waals surface area contributed by atoms with Crippen molar-refractivity contribution in [2.45, 2.75) is 45.6 Å². The zero-order chi connectivity index (χ0) is 17.4. The molecule has 0 saturated heterocycles. The Kier molecular flexibility index (Phi) is 6.79. The molecule has 0 aliphatic heterocycles. The number of aryl methyl sites for hydroxylation is 1. The molecule has 0 radical (unpaired) electrons. The molecule has 0 aliphatic rings. The van der Waals surface area contributed by atoms with Gasteiger partial charge >= 0.3 is 0 Å². The molecule has 0 bridgehead atoms. The van der Waals surface area contributed by atoms with Crippen molar-refractivity contribution >= 4 is 17.3 Å². The second kappa shape index (κ2) is 8.83. The Hall–Kier alpha value is -1.88. The lowest BCUT2D eigenvalue weighted by molar-refractivity contribution is 0.389. The first-order valence-electron chi connectivity index (χ1n) is 8.54. The number of aromatic nitrogens is 1. The fourth-order valence-corrected chi connectivity index (χ4v) is 3.65. The average molecular weight is 345 g/mol.